The molecule has 2 fully saturated rings. The third-order valence-corrected chi connectivity index (χ3v) is 12.7. The summed E-state index contributed by atoms with van der Waals surface area (Å²) in [7, 11) is 1.98. The predicted molar refractivity (Wildman–Crippen MR) is 248 cm³/mol. The first-order valence-corrected chi connectivity index (χ1v) is 22.9. The minimum Gasteiger partial charge on any atom is -0.483 e. The number of carbonyl (C=O) groups is 7. The molecular weight excluding hydrogens is 921 g/mol. The van der Waals surface area contributed by atoms with Crippen molar-refractivity contribution in [1.29, 1.82) is 0 Å². The van der Waals surface area contributed by atoms with E-state index < -0.39 is 82.7 Å². The summed E-state index contributed by atoms with van der Waals surface area (Å²) in [5.74, 6) is -5.38. The molecule has 1 unspecified atom stereocenters. The summed E-state index contributed by atoms with van der Waals surface area (Å²) in [6, 6.07) is 12.2. The van der Waals surface area contributed by atoms with Crippen LogP contribution in [0.15, 0.2) is 71.7 Å². The van der Waals surface area contributed by atoms with Crippen LogP contribution >= 0.6 is 0 Å². The first kappa shape index (κ1) is 50.5. The Morgan fingerprint density at radius 2 is 1.51 bits per heavy atom. The molecule has 21 heteroatoms. The fourth-order valence-electron chi connectivity index (χ4n) is 8.76. The highest BCUT2D eigenvalue weighted by Gasteiger charge is 2.46. The van der Waals surface area contributed by atoms with E-state index in [1.54, 1.807) is 12.1 Å². The number of halogens is 4. The second kappa shape index (κ2) is 21.5. The molecule has 3 atom stereocenters. The highest BCUT2D eigenvalue weighted by Crippen LogP contribution is 2.37. The van der Waals surface area contributed by atoms with Crippen molar-refractivity contribution in [3.63, 3.8) is 0 Å². The van der Waals surface area contributed by atoms with Crippen molar-refractivity contribution >= 4 is 52.7 Å². The lowest BCUT2D eigenvalue weighted by Crippen LogP contribution is -2.55. The number of carbonyl (C=O) groups excluding carboxylic acids is 7. The number of imide groups is 2. The van der Waals surface area contributed by atoms with Gasteiger partial charge in [0, 0.05) is 68.1 Å². The number of unbranched alkanes of at least 4 members (excludes halogenated alkanes) is 4. The zero-order chi connectivity index (χ0) is 50.4. The van der Waals surface area contributed by atoms with Crippen LogP contribution in [-0.2, 0) is 20.6 Å². The number of rotatable bonds is 17. The number of piperidine rings is 1. The van der Waals surface area contributed by atoms with Gasteiger partial charge in [-0.3, -0.25) is 53.5 Å². The van der Waals surface area contributed by atoms with E-state index in [1.165, 1.54) is 36.4 Å². The van der Waals surface area contributed by atoms with Gasteiger partial charge in [0.2, 0.25) is 17.4 Å². The van der Waals surface area contributed by atoms with Gasteiger partial charge in [-0.25, -0.2) is 4.39 Å². The number of likely N-dealkylation sites (N-methyl/N-ethyl adjacent to an activating group) is 1. The number of alkyl halides is 3. The molecule has 17 nitrogen and oxygen atoms in total. The first-order valence-electron chi connectivity index (χ1n) is 22.9. The van der Waals surface area contributed by atoms with Gasteiger partial charge in [-0.05, 0) is 88.2 Å². The number of pyridine rings is 1. The monoisotopic (exact) mass is 972 g/mol. The molecule has 0 aliphatic carbocycles. The number of amides is 7. The molecule has 1 aromatic heterocycles. The topological polar surface area (TPSA) is 219 Å². The molecular formula is C49H52F4N8O9. The highest BCUT2D eigenvalue weighted by molar-refractivity contribution is 6.24. The Morgan fingerprint density at radius 1 is 0.814 bits per heavy atom. The smallest absolute Gasteiger partial charge is 0.417 e. The number of piperazine rings is 1. The van der Waals surface area contributed by atoms with E-state index in [0.29, 0.717) is 57.0 Å². The maximum absolute atomic E-state index is 15.5. The van der Waals surface area contributed by atoms with E-state index >= 15 is 4.39 Å². The van der Waals surface area contributed by atoms with Gasteiger partial charge in [0.25, 0.3) is 29.5 Å². The normalized spacial score (nSPS) is 18.4. The predicted octanol–water partition coefficient (Wildman–Crippen LogP) is 5.26. The minimum absolute atomic E-state index is 0.00235. The van der Waals surface area contributed by atoms with Crippen molar-refractivity contribution in [3.05, 3.63) is 111 Å². The summed E-state index contributed by atoms with van der Waals surface area (Å²) in [6.07, 6.45) is -0.742. The van der Waals surface area contributed by atoms with Crippen LogP contribution in [0.5, 0.6) is 5.75 Å². The molecule has 7 amide bonds. The van der Waals surface area contributed by atoms with Crippen LogP contribution in [0.2, 0.25) is 0 Å². The SMILES string of the molecule is C[C@@H]1CN(c2ccc(-c3cc(C(=O)NCCCCCCCNC(=O)COc4cccc5c4C(=O)N(C4CCC(=O)NC4=O)C5=O)ccc3F)cc2NC(=O)c2c[nH]c(=O)cc2C(F)(F)F)C[C@H](C)N1C. The summed E-state index contributed by atoms with van der Waals surface area (Å²) < 4.78 is 63.0. The maximum atomic E-state index is 15.5. The summed E-state index contributed by atoms with van der Waals surface area (Å²) in [5.41, 5.74) is -2.28. The Kier molecular flexibility index (Phi) is 15.5. The molecule has 0 bridgehead atoms. The van der Waals surface area contributed by atoms with E-state index in [4.69, 9.17) is 4.74 Å². The van der Waals surface area contributed by atoms with E-state index in [1.807, 2.05) is 25.8 Å². The van der Waals surface area contributed by atoms with Crippen molar-refractivity contribution in [3.8, 4) is 16.9 Å². The van der Waals surface area contributed by atoms with E-state index in [2.05, 4.69) is 31.2 Å². The molecule has 70 heavy (non-hydrogen) atoms. The Labute approximate surface area is 399 Å². The number of H-pyrrole nitrogens is 1. The second-order valence-corrected chi connectivity index (χ2v) is 17.6. The third-order valence-electron chi connectivity index (χ3n) is 12.7. The number of ether oxygens (including phenoxy) is 1. The van der Waals surface area contributed by atoms with Gasteiger partial charge in [0.1, 0.15) is 17.6 Å². The van der Waals surface area contributed by atoms with Crippen LogP contribution in [0, 0.1) is 5.82 Å². The van der Waals surface area contributed by atoms with Crippen LogP contribution in [0.25, 0.3) is 11.1 Å². The molecule has 3 aliphatic heterocycles. The Morgan fingerprint density at radius 3 is 2.21 bits per heavy atom. The molecule has 0 radical (unpaired) electrons. The van der Waals surface area contributed by atoms with E-state index in [9.17, 15) is 51.5 Å². The molecule has 4 heterocycles. The van der Waals surface area contributed by atoms with Gasteiger partial charge in [-0.15, -0.1) is 0 Å². The van der Waals surface area contributed by atoms with Crippen molar-refractivity contribution < 1.29 is 55.9 Å². The largest absolute Gasteiger partial charge is 0.483 e. The molecule has 3 aliphatic rings. The molecule has 0 spiro atoms. The number of hydrogen-bond donors (Lipinski definition) is 5. The molecule has 7 rings (SSSR count). The van der Waals surface area contributed by atoms with Crippen LogP contribution in [0.4, 0.5) is 28.9 Å². The van der Waals surface area contributed by atoms with E-state index in [-0.39, 0.29) is 64.2 Å². The lowest BCUT2D eigenvalue weighted by atomic mass is 9.99. The molecule has 5 N–H and O–H groups in total. The summed E-state index contributed by atoms with van der Waals surface area (Å²) in [5, 5.41) is 10.3. The zero-order valence-corrected chi connectivity index (χ0v) is 38.6. The minimum atomic E-state index is -5.00. The van der Waals surface area contributed by atoms with Gasteiger partial charge in [-0.2, -0.15) is 13.2 Å². The Balaban J connectivity index is 0.886. The summed E-state index contributed by atoms with van der Waals surface area (Å²) >= 11 is 0. The molecule has 2 saturated heterocycles. The number of aromatic amines is 1. The third kappa shape index (κ3) is 11.4. The van der Waals surface area contributed by atoms with Crippen LogP contribution in [-0.4, -0.2) is 114 Å². The summed E-state index contributed by atoms with van der Waals surface area (Å²) in [6.45, 7) is 5.30. The number of hydrogen-bond acceptors (Lipinski definition) is 11. The van der Waals surface area contributed by atoms with Gasteiger partial charge in [-0.1, -0.05) is 31.4 Å². The number of nitrogens with one attached hydrogen (secondary N) is 5. The van der Waals surface area contributed by atoms with Gasteiger partial charge in [0.15, 0.2) is 6.61 Å². The van der Waals surface area contributed by atoms with Crippen LogP contribution < -0.4 is 36.5 Å². The van der Waals surface area contributed by atoms with Crippen molar-refractivity contribution in [2.24, 2.45) is 0 Å². The average Bonchev–Trinajstić information content (AvgIpc) is 3.57. The zero-order valence-electron chi connectivity index (χ0n) is 38.6. The van der Waals surface area contributed by atoms with Crippen molar-refractivity contribution in [2.45, 2.75) is 83.1 Å². The van der Waals surface area contributed by atoms with Gasteiger partial charge < -0.3 is 30.6 Å². The fraction of sp³-hybridized carbons (Fsp3) is 0.388. The molecule has 3 aromatic carbocycles. The number of benzene rings is 3. The van der Waals surface area contributed by atoms with E-state index in [0.717, 1.165) is 30.2 Å². The Bertz CT molecular complexity index is 2770. The quantitative estimate of drug-likeness (QED) is 0.0523. The lowest BCUT2D eigenvalue weighted by Gasteiger charge is -2.44. The number of anilines is 2. The lowest BCUT2D eigenvalue weighted by molar-refractivity contribution is -0.138. The standard InChI is InChI=1S/C49H52F4N8O9/c1-27-24-60(25-28(2)59(27)3)37-15-13-29(21-36(37)57-45(66)33-23-56-41(63)22-34(33)49(51,52)53)32-20-30(12-14-35(32)50)44(65)55-19-8-6-4-5-7-18-54-42(64)26-70-39-11-9-10-31-43(39)48(69)61(47(31)68)38-16-17-40(62)58-46(38)67/h9-15,20-23,27-28,38H,4-8,16-19,24-26H2,1-3H3,(H,54,64)(H,55,65)(H,56,63)(H,57,66)(H,58,62,67)/t27-,28+,38?. The number of fused-ring (bicyclic) bond motifs is 1. The van der Waals surface area contributed by atoms with Crippen LogP contribution in [0.1, 0.15) is 106 Å². The average molecular weight is 973 g/mol. The molecule has 4 aromatic rings. The highest BCUT2D eigenvalue weighted by atomic mass is 19.4. The number of aromatic nitrogens is 1. The first-order chi connectivity index (χ1) is 33.3. The van der Waals surface area contributed by atoms with Crippen molar-refractivity contribution in [2.75, 3.05) is 50.1 Å². The van der Waals surface area contributed by atoms with Gasteiger partial charge in [0.05, 0.1) is 33.6 Å². The second-order valence-electron chi connectivity index (χ2n) is 17.6. The number of nitrogens with zero attached hydrogens (tertiary/aromatic N) is 3. The fourth-order valence-corrected chi connectivity index (χ4v) is 8.76. The maximum Gasteiger partial charge on any atom is 0.417 e. The van der Waals surface area contributed by atoms with Gasteiger partial charge >= 0.3 is 6.18 Å². The molecule has 0 saturated carbocycles. The molecule has 370 valence electrons. The van der Waals surface area contributed by atoms with Crippen LogP contribution in [0.3, 0.4) is 0 Å². The summed E-state index contributed by atoms with van der Waals surface area (Å²) in [4.78, 5) is 109. The Hall–Kier alpha value is -7.42. The van der Waals surface area contributed by atoms with Crippen molar-refractivity contribution in [1.82, 2.24) is 30.7 Å².